The molecule has 2 saturated heterocycles. The number of pyridine rings is 1. The fourth-order valence-electron chi connectivity index (χ4n) is 4.17. The molecular formula is C17H27N3. The summed E-state index contributed by atoms with van der Waals surface area (Å²) >= 11 is 0. The molecule has 0 amide bonds. The first-order valence-corrected chi connectivity index (χ1v) is 8.07. The van der Waals surface area contributed by atoms with E-state index < -0.39 is 0 Å². The van der Waals surface area contributed by atoms with Crippen LogP contribution in [0, 0.1) is 12.8 Å². The number of hydrogen-bond donors (Lipinski definition) is 1. The molecule has 110 valence electrons. The zero-order valence-electron chi connectivity index (χ0n) is 13.0. The summed E-state index contributed by atoms with van der Waals surface area (Å²) in [4.78, 5) is 7.11. The number of hydrogen-bond acceptors (Lipinski definition) is 3. The molecule has 2 aliphatic heterocycles. The standard InChI is InChI=1S/C17H27N3/c1-4-18-17(13-6-5-12(2)19-11-13)14-9-15-7-8-16(10-14)20(15)3/h5-6,11,14-18H,4,7-10H2,1-3H3. The zero-order chi connectivity index (χ0) is 14.1. The molecule has 3 atom stereocenters. The Bertz CT molecular complexity index is 428. The number of rotatable bonds is 4. The van der Waals surface area contributed by atoms with Gasteiger partial charge in [0, 0.05) is 30.0 Å². The van der Waals surface area contributed by atoms with Crippen LogP contribution in [0.1, 0.15) is 49.9 Å². The number of aryl methyl sites for hydroxylation is 1. The molecule has 3 unspecified atom stereocenters. The molecule has 3 heteroatoms. The van der Waals surface area contributed by atoms with Gasteiger partial charge in [0.25, 0.3) is 0 Å². The number of nitrogens with one attached hydrogen (secondary N) is 1. The van der Waals surface area contributed by atoms with Gasteiger partial charge in [0.2, 0.25) is 0 Å². The van der Waals surface area contributed by atoms with E-state index in [0.29, 0.717) is 6.04 Å². The van der Waals surface area contributed by atoms with Crippen molar-refractivity contribution in [2.45, 2.75) is 57.7 Å². The molecule has 1 aromatic rings. The van der Waals surface area contributed by atoms with Gasteiger partial charge in [0.05, 0.1) is 0 Å². The molecule has 2 bridgehead atoms. The van der Waals surface area contributed by atoms with Gasteiger partial charge in [-0.1, -0.05) is 13.0 Å². The summed E-state index contributed by atoms with van der Waals surface area (Å²) in [6, 6.07) is 6.49. The molecule has 0 saturated carbocycles. The summed E-state index contributed by atoms with van der Waals surface area (Å²) in [6.45, 7) is 5.29. The molecule has 0 spiro atoms. The van der Waals surface area contributed by atoms with Gasteiger partial charge in [-0.3, -0.25) is 4.98 Å². The summed E-state index contributed by atoms with van der Waals surface area (Å²) in [5, 5.41) is 3.71. The van der Waals surface area contributed by atoms with Crippen molar-refractivity contribution in [3.63, 3.8) is 0 Å². The summed E-state index contributed by atoms with van der Waals surface area (Å²) < 4.78 is 0. The van der Waals surface area contributed by atoms with E-state index in [0.717, 1.165) is 30.2 Å². The van der Waals surface area contributed by atoms with Crippen molar-refractivity contribution in [3.8, 4) is 0 Å². The fourth-order valence-corrected chi connectivity index (χ4v) is 4.17. The van der Waals surface area contributed by atoms with Crippen LogP contribution in [0.5, 0.6) is 0 Å². The lowest BCUT2D eigenvalue weighted by Crippen LogP contribution is -2.43. The van der Waals surface area contributed by atoms with Gasteiger partial charge in [-0.2, -0.15) is 0 Å². The first kappa shape index (κ1) is 14.0. The van der Waals surface area contributed by atoms with Gasteiger partial charge in [-0.15, -0.1) is 0 Å². The van der Waals surface area contributed by atoms with Gasteiger partial charge in [0.15, 0.2) is 0 Å². The van der Waals surface area contributed by atoms with E-state index in [4.69, 9.17) is 0 Å². The van der Waals surface area contributed by atoms with Crippen LogP contribution < -0.4 is 5.32 Å². The Balaban J connectivity index is 1.79. The topological polar surface area (TPSA) is 28.2 Å². The Hall–Kier alpha value is -0.930. The number of nitrogens with zero attached hydrogens (tertiary/aromatic N) is 2. The first-order valence-electron chi connectivity index (χ1n) is 8.07. The molecule has 3 heterocycles. The lowest BCUT2D eigenvalue weighted by molar-refractivity contribution is 0.113. The lowest BCUT2D eigenvalue weighted by atomic mass is 9.82. The Morgan fingerprint density at radius 2 is 2.00 bits per heavy atom. The maximum Gasteiger partial charge on any atom is 0.0372 e. The number of fused-ring (bicyclic) bond motifs is 2. The van der Waals surface area contributed by atoms with Gasteiger partial charge in [0.1, 0.15) is 0 Å². The van der Waals surface area contributed by atoms with E-state index in [1.807, 2.05) is 0 Å². The predicted molar refractivity (Wildman–Crippen MR) is 82.7 cm³/mol. The monoisotopic (exact) mass is 273 g/mol. The van der Waals surface area contributed by atoms with Crippen LogP contribution in [-0.2, 0) is 0 Å². The van der Waals surface area contributed by atoms with E-state index in [2.05, 4.69) is 54.4 Å². The normalized spacial score (nSPS) is 31.4. The van der Waals surface area contributed by atoms with Crippen LogP contribution in [-0.4, -0.2) is 35.6 Å². The highest BCUT2D eigenvalue weighted by molar-refractivity contribution is 5.19. The maximum absolute atomic E-state index is 4.50. The average Bonchev–Trinajstić information content (AvgIpc) is 2.67. The molecule has 3 nitrogen and oxygen atoms in total. The van der Waals surface area contributed by atoms with Crippen molar-refractivity contribution in [1.29, 1.82) is 0 Å². The third-order valence-corrected chi connectivity index (χ3v) is 5.32. The third-order valence-electron chi connectivity index (χ3n) is 5.32. The molecule has 1 aromatic heterocycles. The molecule has 2 aliphatic rings. The number of piperidine rings is 1. The quantitative estimate of drug-likeness (QED) is 0.914. The van der Waals surface area contributed by atoms with Crippen molar-refractivity contribution < 1.29 is 0 Å². The highest BCUT2D eigenvalue weighted by Gasteiger charge is 2.41. The highest BCUT2D eigenvalue weighted by Crippen LogP contribution is 2.42. The van der Waals surface area contributed by atoms with Crippen molar-refractivity contribution >= 4 is 0 Å². The maximum atomic E-state index is 4.50. The fraction of sp³-hybridized carbons (Fsp3) is 0.706. The van der Waals surface area contributed by atoms with Gasteiger partial charge in [-0.25, -0.2) is 0 Å². The van der Waals surface area contributed by atoms with Crippen LogP contribution in [0.2, 0.25) is 0 Å². The van der Waals surface area contributed by atoms with Gasteiger partial charge in [-0.05, 0) is 63.7 Å². The van der Waals surface area contributed by atoms with E-state index >= 15 is 0 Å². The van der Waals surface area contributed by atoms with Gasteiger partial charge < -0.3 is 10.2 Å². The highest BCUT2D eigenvalue weighted by atomic mass is 15.2. The molecule has 0 radical (unpaired) electrons. The zero-order valence-corrected chi connectivity index (χ0v) is 13.0. The van der Waals surface area contributed by atoms with Crippen molar-refractivity contribution in [1.82, 2.24) is 15.2 Å². The largest absolute Gasteiger partial charge is 0.310 e. The van der Waals surface area contributed by atoms with E-state index in [1.54, 1.807) is 0 Å². The molecule has 2 fully saturated rings. The van der Waals surface area contributed by atoms with E-state index in [9.17, 15) is 0 Å². The Morgan fingerprint density at radius 1 is 1.30 bits per heavy atom. The summed E-state index contributed by atoms with van der Waals surface area (Å²) in [6.07, 6.45) is 7.52. The third kappa shape index (κ3) is 2.61. The van der Waals surface area contributed by atoms with Crippen LogP contribution >= 0.6 is 0 Å². The minimum absolute atomic E-state index is 0.477. The Kier molecular flexibility index (Phi) is 4.08. The second-order valence-corrected chi connectivity index (χ2v) is 6.55. The van der Waals surface area contributed by atoms with Crippen LogP contribution in [0.4, 0.5) is 0 Å². The van der Waals surface area contributed by atoms with Gasteiger partial charge >= 0.3 is 0 Å². The first-order chi connectivity index (χ1) is 9.69. The molecule has 20 heavy (non-hydrogen) atoms. The predicted octanol–water partition coefficient (Wildman–Crippen LogP) is 2.91. The second-order valence-electron chi connectivity index (χ2n) is 6.55. The molecule has 1 N–H and O–H groups in total. The summed E-state index contributed by atoms with van der Waals surface area (Å²) in [5.74, 6) is 0.758. The molecule has 0 aliphatic carbocycles. The average molecular weight is 273 g/mol. The smallest absolute Gasteiger partial charge is 0.0372 e. The van der Waals surface area contributed by atoms with Crippen LogP contribution in [0.3, 0.4) is 0 Å². The number of aromatic nitrogens is 1. The van der Waals surface area contributed by atoms with Crippen molar-refractivity contribution in [2.24, 2.45) is 5.92 Å². The van der Waals surface area contributed by atoms with Crippen molar-refractivity contribution in [2.75, 3.05) is 13.6 Å². The van der Waals surface area contributed by atoms with Crippen LogP contribution in [0.15, 0.2) is 18.3 Å². The minimum Gasteiger partial charge on any atom is -0.310 e. The molecule has 0 aromatic carbocycles. The van der Waals surface area contributed by atoms with Crippen molar-refractivity contribution in [3.05, 3.63) is 29.6 Å². The SMILES string of the molecule is CCNC(c1ccc(C)nc1)C1CC2CCC(C1)N2C. The summed E-state index contributed by atoms with van der Waals surface area (Å²) in [5.41, 5.74) is 2.47. The van der Waals surface area contributed by atoms with E-state index in [-0.39, 0.29) is 0 Å². The Labute approximate surface area is 122 Å². The lowest BCUT2D eigenvalue weighted by Gasteiger charge is -2.40. The molecule has 3 rings (SSSR count). The van der Waals surface area contributed by atoms with Crippen LogP contribution in [0.25, 0.3) is 0 Å². The Morgan fingerprint density at radius 3 is 2.55 bits per heavy atom. The summed E-state index contributed by atoms with van der Waals surface area (Å²) in [7, 11) is 2.31. The second kappa shape index (κ2) is 5.82. The van der Waals surface area contributed by atoms with E-state index in [1.165, 1.54) is 31.2 Å². The minimum atomic E-state index is 0.477. The molecular weight excluding hydrogens is 246 g/mol.